The van der Waals surface area contributed by atoms with Gasteiger partial charge in [0.15, 0.2) is 6.29 Å². The fourth-order valence-corrected chi connectivity index (χ4v) is 7.07. The molecule has 2 saturated heterocycles. The van der Waals surface area contributed by atoms with Crippen molar-refractivity contribution in [2.24, 2.45) is 0 Å². The molecule has 0 radical (unpaired) electrons. The van der Waals surface area contributed by atoms with Crippen molar-refractivity contribution >= 4 is 33.3 Å². The highest BCUT2D eigenvalue weighted by molar-refractivity contribution is 7.91. The van der Waals surface area contributed by atoms with Crippen molar-refractivity contribution in [2.75, 3.05) is 40.3 Å². The van der Waals surface area contributed by atoms with Crippen LogP contribution in [0.1, 0.15) is 19.3 Å². The van der Waals surface area contributed by atoms with E-state index >= 15 is 0 Å². The summed E-state index contributed by atoms with van der Waals surface area (Å²) in [7, 11) is -0.906. The second-order valence-electron chi connectivity index (χ2n) is 8.76. The lowest BCUT2D eigenvalue weighted by molar-refractivity contribution is -0.202. The third-order valence-corrected chi connectivity index (χ3v) is 9.50. The fraction of sp³-hybridized carbons (Fsp3) is 0.478. The Labute approximate surface area is 213 Å². The maximum Gasteiger partial charge on any atom is 0.319 e. The number of carbonyl (C=O) groups is 2. The molecule has 0 saturated carbocycles. The van der Waals surface area contributed by atoms with Crippen molar-refractivity contribution in [2.45, 2.75) is 35.8 Å². The molecule has 0 bridgehead atoms. The molecule has 0 aliphatic carbocycles. The molecule has 1 aromatic heterocycles. The van der Waals surface area contributed by atoms with Gasteiger partial charge in [-0.2, -0.15) is 4.31 Å². The Bertz CT molecular complexity index is 1180. The minimum Gasteiger partial charge on any atom is -0.350 e. The molecule has 36 heavy (non-hydrogen) atoms. The maximum atomic E-state index is 13.6. The van der Waals surface area contributed by atoms with E-state index in [1.54, 1.807) is 32.3 Å². The Balaban J connectivity index is 1.56. The van der Waals surface area contributed by atoms with Crippen LogP contribution in [-0.4, -0.2) is 87.1 Å². The van der Waals surface area contributed by atoms with Crippen molar-refractivity contribution in [1.82, 2.24) is 19.6 Å². The van der Waals surface area contributed by atoms with Gasteiger partial charge < -0.3 is 14.5 Å². The standard InChI is InChI=1S/C23H29FN4O6S2/c1-26(2)23(30)27-12-13-28(18(15-27)22(29)25-34-20-5-3-4-14-33-20)36(31,32)21-11-10-19(35-21)16-6-8-17(24)9-7-16/h6-11,18,20H,3-5,12-15H2,1-2H3,(H,25,29). The number of urea groups is 1. The normalized spacial score (nSPS) is 21.2. The number of piperazine rings is 1. The van der Waals surface area contributed by atoms with E-state index in [0.717, 1.165) is 28.5 Å². The molecule has 2 atom stereocenters. The average Bonchev–Trinajstić information content (AvgIpc) is 3.39. The molecule has 10 nitrogen and oxygen atoms in total. The second-order valence-corrected chi connectivity index (χ2v) is 12.0. The monoisotopic (exact) mass is 540 g/mol. The lowest BCUT2D eigenvalue weighted by Crippen LogP contribution is -2.62. The summed E-state index contributed by atoms with van der Waals surface area (Å²) < 4.78 is 47.2. The van der Waals surface area contributed by atoms with Gasteiger partial charge in [-0.3, -0.25) is 4.79 Å². The largest absolute Gasteiger partial charge is 0.350 e. The highest BCUT2D eigenvalue weighted by atomic mass is 32.2. The molecule has 3 heterocycles. The van der Waals surface area contributed by atoms with E-state index in [4.69, 9.17) is 9.57 Å². The van der Waals surface area contributed by atoms with Crippen LogP contribution in [0.3, 0.4) is 0 Å². The van der Waals surface area contributed by atoms with E-state index in [1.165, 1.54) is 28.0 Å². The van der Waals surface area contributed by atoms with Crippen molar-refractivity contribution in [3.8, 4) is 10.4 Å². The SMILES string of the molecule is CN(C)C(=O)N1CCN(S(=O)(=O)c2ccc(-c3ccc(F)cc3)s2)C(C(=O)NOC2CCCCO2)C1. The molecule has 2 aliphatic rings. The zero-order valence-electron chi connectivity index (χ0n) is 20.1. The molecular weight excluding hydrogens is 511 g/mol. The number of nitrogens with one attached hydrogen (secondary N) is 1. The van der Waals surface area contributed by atoms with Gasteiger partial charge in [-0.1, -0.05) is 12.1 Å². The Morgan fingerprint density at radius 1 is 1.14 bits per heavy atom. The van der Waals surface area contributed by atoms with Crippen LogP contribution >= 0.6 is 11.3 Å². The van der Waals surface area contributed by atoms with E-state index in [-0.39, 0.29) is 35.7 Å². The number of halogens is 1. The molecule has 0 spiro atoms. The quantitative estimate of drug-likeness (QED) is 0.564. The van der Waals surface area contributed by atoms with Gasteiger partial charge >= 0.3 is 6.03 Å². The first kappa shape index (κ1) is 26.5. The Morgan fingerprint density at radius 3 is 2.56 bits per heavy atom. The number of ether oxygens (including phenoxy) is 1. The first-order valence-electron chi connectivity index (χ1n) is 11.6. The Hall–Kier alpha value is -2.58. The topological polar surface area (TPSA) is 108 Å². The van der Waals surface area contributed by atoms with Crippen molar-refractivity contribution in [3.63, 3.8) is 0 Å². The van der Waals surface area contributed by atoms with E-state index in [9.17, 15) is 22.4 Å². The van der Waals surface area contributed by atoms with Gasteiger partial charge in [-0.25, -0.2) is 27.9 Å². The molecule has 2 unspecified atom stereocenters. The third-order valence-electron chi connectivity index (χ3n) is 5.99. The van der Waals surface area contributed by atoms with Crippen LogP contribution in [0.5, 0.6) is 0 Å². The van der Waals surface area contributed by atoms with E-state index < -0.39 is 28.3 Å². The molecular formula is C23H29FN4O6S2. The van der Waals surface area contributed by atoms with Crippen LogP contribution in [0.25, 0.3) is 10.4 Å². The summed E-state index contributed by atoms with van der Waals surface area (Å²) in [5, 5.41) is 0. The lowest BCUT2D eigenvalue weighted by Gasteiger charge is -2.40. The number of nitrogens with zero attached hydrogens (tertiary/aromatic N) is 3. The number of thiophene rings is 1. The van der Waals surface area contributed by atoms with Gasteiger partial charge in [0.05, 0.1) is 0 Å². The number of benzene rings is 1. The molecule has 13 heteroatoms. The van der Waals surface area contributed by atoms with E-state index in [2.05, 4.69) is 5.48 Å². The van der Waals surface area contributed by atoms with Crippen molar-refractivity contribution in [1.29, 1.82) is 0 Å². The number of carbonyl (C=O) groups excluding carboxylic acids is 2. The first-order chi connectivity index (χ1) is 17.2. The van der Waals surface area contributed by atoms with Crippen molar-refractivity contribution in [3.05, 3.63) is 42.2 Å². The van der Waals surface area contributed by atoms with Gasteiger partial charge in [0.1, 0.15) is 16.1 Å². The zero-order chi connectivity index (χ0) is 25.9. The molecule has 196 valence electrons. The molecule has 1 aromatic carbocycles. The maximum absolute atomic E-state index is 13.6. The zero-order valence-corrected chi connectivity index (χ0v) is 21.7. The average molecular weight is 541 g/mol. The Morgan fingerprint density at radius 2 is 1.89 bits per heavy atom. The smallest absolute Gasteiger partial charge is 0.319 e. The number of hydroxylamine groups is 1. The number of amides is 3. The summed E-state index contributed by atoms with van der Waals surface area (Å²) in [5.74, 6) is -1.07. The first-order valence-corrected chi connectivity index (χ1v) is 13.8. The molecule has 2 aromatic rings. The highest BCUT2D eigenvalue weighted by Gasteiger charge is 2.42. The van der Waals surface area contributed by atoms with Crippen LogP contribution in [0.15, 0.2) is 40.6 Å². The van der Waals surface area contributed by atoms with Crippen LogP contribution in [-0.2, 0) is 24.4 Å². The van der Waals surface area contributed by atoms with E-state index in [0.29, 0.717) is 23.5 Å². The summed E-state index contributed by atoms with van der Waals surface area (Å²) in [6.45, 7) is 0.448. The minimum atomic E-state index is -4.09. The molecule has 3 amide bonds. The van der Waals surface area contributed by atoms with Crippen LogP contribution < -0.4 is 5.48 Å². The fourth-order valence-electron chi connectivity index (χ4n) is 4.06. The number of rotatable bonds is 6. The number of hydrogen-bond acceptors (Lipinski definition) is 7. The third kappa shape index (κ3) is 5.86. The molecule has 1 N–H and O–H groups in total. The number of hydrogen-bond donors (Lipinski definition) is 1. The molecule has 4 rings (SSSR count). The predicted molar refractivity (Wildman–Crippen MR) is 131 cm³/mol. The van der Waals surface area contributed by atoms with Gasteiger partial charge in [-0.15, -0.1) is 11.3 Å². The summed E-state index contributed by atoms with van der Waals surface area (Å²) in [5.41, 5.74) is 3.03. The molecule has 2 aliphatic heterocycles. The summed E-state index contributed by atoms with van der Waals surface area (Å²) >= 11 is 1.03. The summed E-state index contributed by atoms with van der Waals surface area (Å²) in [4.78, 5) is 34.6. The summed E-state index contributed by atoms with van der Waals surface area (Å²) in [6.07, 6.45) is 1.81. The van der Waals surface area contributed by atoms with Crippen molar-refractivity contribution < 1.29 is 32.0 Å². The van der Waals surface area contributed by atoms with Gasteiger partial charge in [0.2, 0.25) is 0 Å². The van der Waals surface area contributed by atoms with Gasteiger partial charge in [0.25, 0.3) is 15.9 Å². The van der Waals surface area contributed by atoms with Gasteiger partial charge in [0, 0.05) is 51.6 Å². The molecule has 2 fully saturated rings. The van der Waals surface area contributed by atoms with E-state index in [1.807, 2.05) is 0 Å². The second kappa shape index (κ2) is 11.2. The van der Waals surface area contributed by atoms with Gasteiger partial charge in [-0.05, 0) is 42.7 Å². The van der Waals surface area contributed by atoms with Crippen LogP contribution in [0, 0.1) is 5.82 Å². The minimum absolute atomic E-state index is 0.0449. The summed E-state index contributed by atoms with van der Waals surface area (Å²) in [6, 6.07) is 7.35. The predicted octanol–water partition coefficient (Wildman–Crippen LogP) is 2.49. The lowest BCUT2D eigenvalue weighted by atomic mass is 10.2. The van der Waals surface area contributed by atoms with Crippen LogP contribution in [0.4, 0.5) is 9.18 Å². The number of sulfonamides is 1. The van der Waals surface area contributed by atoms with Crippen LogP contribution in [0.2, 0.25) is 0 Å². The Kier molecular flexibility index (Phi) is 8.25. The highest BCUT2D eigenvalue weighted by Crippen LogP contribution is 2.33.